The third-order valence-electron chi connectivity index (χ3n) is 6.45. The van der Waals surface area contributed by atoms with E-state index in [4.69, 9.17) is 4.42 Å². The molecule has 1 aromatic rings. The zero-order chi connectivity index (χ0) is 21.3. The summed E-state index contributed by atoms with van der Waals surface area (Å²) < 4.78 is 5.54. The molecule has 5 unspecified atom stereocenters. The Balaban J connectivity index is 1.34. The minimum absolute atomic E-state index is 0.00363. The van der Waals surface area contributed by atoms with Gasteiger partial charge in [-0.1, -0.05) is 12.2 Å². The van der Waals surface area contributed by atoms with Crippen molar-refractivity contribution >= 4 is 17.8 Å². The van der Waals surface area contributed by atoms with Crippen molar-refractivity contribution in [3.63, 3.8) is 0 Å². The lowest BCUT2D eigenvalue weighted by molar-refractivity contribution is -0.140. The molecule has 2 heterocycles. The second-order valence-electron chi connectivity index (χ2n) is 8.47. The molecular weight excluding hydrogens is 382 g/mol. The maximum Gasteiger partial charge on any atom is 0.233 e. The maximum absolute atomic E-state index is 12.8. The third-order valence-corrected chi connectivity index (χ3v) is 6.45. The summed E-state index contributed by atoms with van der Waals surface area (Å²) in [4.78, 5) is 33.8. The van der Waals surface area contributed by atoms with Crippen molar-refractivity contribution in [3.05, 3.63) is 36.3 Å². The van der Waals surface area contributed by atoms with Gasteiger partial charge in [0.1, 0.15) is 5.76 Å². The van der Waals surface area contributed by atoms with Crippen LogP contribution >= 0.6 is 0 Å². The van der Waals surface area contributed by atoms with E-state index >= 15 is 0 Å². The van der Waals surface area contributed by atoms with Crippen LogP contribution in [0, 0.1) is 23.7 Å². The van der Waals surface area contributed by atoms with Gasteiger partial charge >= 0.3 is 0 Å². The molecule has 2 amide bonds. The number of amides is 2. The number of nitrogens with zero attached hydrogens (tertiary/aromatic N) is 3. The van der Waals surface area contributed by atoms with Crippen LogP contribution in [0.15, 0.2) is 40.0 Å². The fraction of sp³-hybridized carbons (Fsp3) is 0.591. The Bertz CT molecular complexity index is 802. The van der Waals surface area contributed by atoms with Crippen LogP contribution in [0.1, 0.15) is 25.1 Å². The largest absolute Gasteiger partial charge is 0.468 e. The highest BCUT2D eigenvalue weighted by molar-refractivity contribution is 6.06. The number of fused-ring (bicyclic) bond motifs is 5. The summed E-state index contributed by atoms with van der Waals surface area (Å²) in [6.07, 6.45) is 6.86. The maximum atomic E-state index is 12.8. The molecule has 1 aromatic heterocycles. The van der Waals surface area contributed by atoms with Crippen LogP contribution in [0.5, 0.6) is 0 Å². The average molecular weight is 414 g/mol. The van der Waals surface area contributed by atoms with Crippen LogP contribution in [0.25, 0.3) is 0 Å². The molecular formula is C22H31N5O3. The first-order valence-corrected chi connectivity index (χ1v) is 10.8. The summed E-state index contributed by atoms with van der Waals surface area (Å²) in [5.41, 5.74) is 0. The highest BCUT2D eigenvalue weighted by Gasteiger charge is 2.58. The second kappa shape index (κ2) is 8.63. The number of guanidine groups is 1. The smallest absolute Gasteiger partial charge is 0.233 e. The fourth-order valence-corrected chi connectivity index (χ4v) is 4.98. The summed E-state index contributed by atoms with van der Waals surface area (Å²) in [6, 6.07) is 3.85. The van der Waals surface area contributed by atoms with Crippen molar-refractivity contribution in [2.75, 3.05) is 40.3 Å². The average Bonchev–Trinajstić information content (AvgIpc) is 3.49. The second-order valence-corrected chi connectivity index (χ2v) is 8.47. The lowest BCUT2D eigenvalue weighted by atomic mass is 9.85. The molecule has 1 saturated carbocycles. The number of carbonyl (C=O) groups is 2. The Morgan fingerprint density at radius 3 is 2.50 bits per heavy atom. The zero-order valence-corrected chi connectivity index (χ0v) is 17.9. The molecule has 2 bridgehead atoms. The Morgan fingerprint density at radius 2 is 1.93 bits per heavy atom. The normalized spacial score (nSPS) is 28.5. The first kappa shape index (κ1) is 20.7. The first-order valence-electron chi connectivity index (χ1n) is 10.8. The summed E-state index contributed by atoms with van der Waals surface area (Å²) >= 11 is 0. The van der Waals surface area contributed by atoms with E-state index in [9.17, 15) is 9.59 Å². The van der Waals surface area contributed by atoms with Gasteiger partial charge < -0.3 is 15.1 Å². The number of imide groups is 1. The summed E-state index contributed by atoms with van der Waals surface area (Å²) in [5.74, 6) is 1.74. The Morgan fingerprint density at radius 1 is 1.23 bits per heavy atom. The molecule has 2 N–H and O–H groups in total. The number of hydrogen-bond acceptors (Lipinski definition) is 5. The van der Waals surface area contributed by atoms with Crippen LogP contribution in [0.4, 0.5) is 0 Å². The molecule has 8 heteroatoms. The summed E-state index contributed by atoms with van der Waals surface area (Å²) in [6.45, 7) is 4.09. The molecule has 8 nitrogen and oxygen atoms in total. The third kappa shape index (κ3) is 3.76. The van der Waals surface area contributed by atoms with E-state index in [-0.39, 0.29) is 41.5 Å². The van der Waals surface area contributed by atoms with E-state index in [2.05, 4.69) is 32.7 Å². The predicted molar refractivity (Wildman–Crippen MR) is 114 cm³/mol. The number of hydrogen-bond donors (Lipinski definition) is 2. The van der Waals surface area contributed by atoms with E-state index in [0.717, 1.165) is 18.7 Å². The van der Waals surface area contributed by atoms with Gasteiger partial charge in [0.15, 0.2) is 5.96 Å². The lowest BCUT2D eigenvalue weighted by Crippen LogP contribution is -2.44. The molecule has 1 saturated heterocycles. The van der Waals surface area contributed by atoms with Gasteiger partial charge in [0.05, 0.1) is 30.7 Å². The zero-order valence-electron chi connectivity index (χ0n) is 17.9. The number of rotatable bonds is 8. The van der Waals surface area contributed by atoms with Crippen molar-refractivity contribution in [2.45, 2.75) is 19.4 Å². The van der Waals surface area contributed by atoms with Gasteiger partial charge in [-0.25, -0.2) is 0 Å². The molecule has 0 spiro atoms. The van der Waals surface area contributed by atoms with Gasteiger partial charge in [-0.05, 0) is 51.4 Å². The van der Waals surface area contributed by atoms with Crippen molar-refractivity contribution in [3.8, 4) is 0 Å². The van der Waals surface area contributed by atoms with Crippen molar-refractivity contribution in [2.24, 2.45) is 28.7 Å². The Labute approximate surface area is 177 Å². The Kier molecular flexibility index (Phi) is 5.94. The number of furan rings is 1. The van der Waals surface area contributed by atoms with Gasteiger partial charge in [0.2, 0.25) is 11.8 Å². The molecule has 0 aromatic carbocycles. The molecule has 4 rings (SSSR count). The van der Waals surface area contributed by atoms with Crippen molar-refractivity contribution < 1.29 is 14.0 Å². The van der Waals surface area contributed by atoms with Gasteiger partial charge in [0.25, 0.3) is 0 Å². The van der Waals surface area contributed by atoms with Crippen LogP contribution in [-0.4, -0.2) is 67.8 Å². The molecule has 162 valence electrons. The van der Waals surface area contributed by atoms with E-state index in [1.807, 2.05) is 33.2 Å². The number of carbonyl (C=O) groups excluding carboxylic acids is 2. The number of allylic oxidation sites excluding steroid dienone is 2. The van der Waals surface area contributed by atoms with Gasteiger partial charge in [-0.2, -0.15) is 0 Å². The highest BCUT2D eigenvalue weighted by Crippen LogP contribution is 2.52. The van der Waals surface area contributed by atoms with Crippen LogP contribution < -0.4 is 10.6 Å². The number of likely N-dealkylation sites (tertiary alicyclic amines) is 1. The molecule has 2 aliphatic carbocycles. The topological polar surface area (TPSA) is 90.2 Å². The standard InChI is InChI=1S/C22H31N5O3/c1-4-23-22(25-13-16(26(2)3)17-6-5-11-30-17)24-9-10-27-20(28)18-14-7-8-15(12-14)19(18)21(27)29/h5-8,11,14-16,18-19H,4,9-10,12-13H2,1-3H3,(H2,23,24,25). The molecule has 3 aliphatic rings. The van der Waals surface area contributed by atoms with Gasteiger partial charge in [-0.3, -0.25) is 24.4 Å². The van der Waals surface area contributed by atoms with Gasteiger partial charge in [-0.15, -0.1) is 0 Å². The van der Waals surface area contributed by atoms with E-state index in [1.165, 1.54) is 4.90 Å². The first-order chi connectivity index (χ1) is 14.5. The number of aliphatic imine (C=N–C) groups is 1. The quantitative estimate of drug-likeness (QED) is 0.289. The van der Waals surface area contributed by atoms with Crippen molar-refractivity contribution in [1.29, 1.82) is 0 Å². The number of likely N-dealkylation sites (N-methyl/N-ethyl adjacent to an activating group) is 1. The summed E-state index contributed by atoms with van der Waals surface area (Å²) in [7, 11) is 3.99. The predicted octanol–water partition coefficient (Wildman–Crippen LogP) is 1.24. The lowest BCUT2D eigenvalue weighted by Gasteiger charge is -2.22. The van der Waals surface area contributed by atoms with Crippen LogP contribution in [0.2, 0.25) is 0 Å². The fourth-order valence-electron chi connectivity index (χ4n) is 4.98. The molecule has 0 radical (unpaired) electrons. The molecule has 5 atom stereocenters. The molecule has 2 fully saturated rings. The van der Waals surface area contributed by atoms with Crippen molar-refractivity contribution in [1.82, 2.24) is 20.4 Å². The summed E-state index contributed by atoms with van der Waals surface area (Å²) in [5, 5.41) is 6.49. The Hall–Kier alpha value is -2.61. The number of nitrogens with one attached hydrogen (secondary N) is 2. The highest BCUT2D eigenvalue weighted by atomic mass is 16.3. The van der Waals surface area contributed by atoms with E-state index in [0.29, 0.717) is 25.6 Å². The van der Waals surface area contributed by atoms with E-state index in [1.54, 1.807) is 6.26 Å². The van der Waals surface area contributed by atoms with Crippen LogP contribution in [-0.2, 0) is 9.59 Å². The SMILES string of the molecule is CCNC(=NCC(c1ccco1)N(C)C)NCCN1C(=O)C2C3C=CC(C3)C2C1=O. The van der Waals surface area contributed by atoms with E-state index < -0.39 is 0 Å². The molecule has 1 aliphatic heterocycles. The molecule has 30 heavy (non-hydrogen) atoms. The minimum Gasteiger partial charge on any atom is -0.468 e. The monoisotopic (exact) mass is 413 g/mol. The van der Waals surface area contributed by atoms with Gasteiger partial charge in [0, 0.05) is 19.6 Å². The minimum atomic E-state index is -0.136. The van der Waals surface area contributed by atoms with Crippen LogP contribution in [0.3, 0.4) is 0 Å².